The summed E-state index contributed by atoms with van der Waals surface area (Å²) in [4.78, 5) is 4.47. The van der Waals surface area contributed by atoms with Crippen LogP contribution in [-0.4, -0.2) is 11.5 Å². The van der Waals surface area contributed by atoms with Crippen LogP contribution >= 0.6 is 15.9 Å². The fourth-order valence-electron chi connectivity index (χ4n) is 1.38. The Hall–Kier alpha value is -1.09. The highest BCUT2D eigenvalue weighted by molar-refractivity contribution is 9.10. The first-order chi connectivity index (χ1) is 6.79. The molecular formula is C11H11BrN2. The number of rotatable bonds is 2. The summed E-state index contributed by atoms with van der Waals surface area (Å²) in [5, 5.41) is 4.35. The summed E-state index contributed by atoms with van der Waals surface area (Å²) in [5.74, 6) is 0.933. The number of nitrogens with zero attached hydrogens (tertiary/aromatic N) is 1. The van der Waals surface area contributed by atoms with Gasteiger partial charge in [0.2, 0.25) is 0 Å². The summed E-state index contributed by atoms with van der Waals surface area (Å²) in [6, 6.07) is 10.2. The number of anilines is 1. The summed E-state index contributed by atoms with van der Waals surface area (Å²) >= 11 is 3.44. The highest BCUT2D eigenvalue weighted by atomic mass is 79.9. The average molecular weight is 251 g/mol. The van der Waals surface area contributed by atoms with Crippen LogP contribution in [0.5, 0.6) is 0 Å². The number of halogens is 1. The van der Waals surface area contributed by atoms with E-state index in [9.17, 15) is 0 Å². The van der Waals surface area contributed by atoms with E-state index in [1.54, 1.807) is 0 Å². The molecule has 3 heteroatoms. The van der Waals surface area contributed by atoms with Gasteiger partial charge in [0.05, 0.1) is 5.52 Å². The van der Waals surface area contributed by atoms with Crippen LogP contribution in [0.4, 0.5) is 5.82 Å². The van der Waals surface area contributed by atoms with E-state index in [0.29, 0.717) is 0 Å². The van der Waals surface area contributed by atoms with Crippen molar-refractivity contribution in [3.63, 3.8) is 0 Å². The molecule has 0 saturated heterocycles. The van der Waals surface area contributed by atoms with Gasteiger partial charge >= 0.3 is 0 Å². The van der Waals surface area contributed by atoms with E-state index < -0.39 is 0 Å². The number of hydrogen-bond acceptors (Lipinski definition) is 2. The lowest BCUT2D eigenvalue weighted by atomic mass is 10.2. The van der Waals surface area contributed by atoms with Crippen LogP contribution in [0.3, 0.4) is 0 Å². The van der Waals surface area contributed by atoms with Gasteiger partial charge in [-0.05, 0) is 37.3 Å². The molecule has 72 valence electrons. The third-order valence-corrected chi connectivity index (χ3v) is 2.50. The summed E-state index contributed by atoms with van der Waals surface area (Å²) in [6.45, 7) is 2.96. The number of aromatic nitrogens is 1. The maximum absolute atomic E-state index is 4.47. The van der Waals surface area contributed by atoms with Crippen LogP contribution in [0.2, 0.25) is 0 Å². The van der Waals surface area contributed by atoms with Crippen LogP contribution in [0.15, 0.2) is 34.8 Å². The second-order valence-electron chi connectivity index (χ2n) is 3.06. The van der Waals surface area contributed by atoms with Crippen LogP contribution in [0, 0.1) is 0 Å². The highest BCUT2D eigenvalue weighted by Gasteiger charge is 1.97. The molecule has 1 aromatic heterocycles. The zero-order valence-electron chi connectivity index (χ0n) is 7.92. The van der Waals surface area contributed by atoms with Crippen molar-refractivity contribution in [2.45, 2.75) is 6.92 Å². The monoisotopic (exact) mass is 250 g/mol. The minimum absolute atomic E-state index is 0.898. The summed E-state index contributed by atoms with van der Waals surface area (Å²) in [5.41, 5.74) is 1.02. The maximum atomic E-state index is 4.47. The number of nitrogens with one attached hydrogen (secondary N) is 1. The van der Waals surface area contributed by atoms with Gasteiger partial charge in [-0.1, -0.05) is 15.9 Å². The summed E-state index contributed by atoms with van der Waals surface area (Å²) < 4.78 is 1.09. The molecule has 2 nitrogen and oxygen atoms in total. The molecular weight excluding hydrogens is 240 g/mol. The molecule has 0 radical (unpaired) electrons. The smallest absolute Gasteiger partial charge is 0.126 e. The molecule has 1 aromatic carbocycles. The first-order valence-corrected chi connectivity index (χ1v) is 5.39. The van der Waals surface area contributed by atoms with E-state index in [4.69, 9.17) is 0 Å². The average Bonchev–Trinajstić information content (AvgIpc) is 2.19. The van der Waals surface area contributed by atoms with Gasteiger partial charge in [-0.25, -0.2) is 4.98 Å². The van der Waals surface area contributed by atoms with E-state index >= 15 is 0 Å². The molecule has 0 aliphatic heterocycles. The van der Waals surface area contributed by atoms with Crippen molar-refractivity contribution in [3.05, 3.63) is 34.8 Å². The zero-order valence-corrected chi connectivity index (χ0v) is 9.51. The molecule has 0 unspecified atom stereocenters. The van der Waals surface area contributed by atoms with Gasteiger partial charge in [0.1, 0.15) is 5.82 Å². The Morgan fingerprint density at radius 2 is 2.14 bits per heavy atom. The van der Waals surface area contributed by atoms with Crippen LogP contribution in [-0.2, 0) is 0 Å². The Morgan fingerprint density at radius 3 is 2.93 bits per heavy atom. The third-order valence-electron chi connectivity index (χ3n) is 2.01. The largest absolute Gasteiger partial charge is 0.370 e. The molecule has 0 atom stereocenters. The third kappa shape index (κ3) is 1.87. The van der Waals surface area contributed by atoms with Gasteiger partial charge in [0.25, 0.3) is 0 Å². The van der Waals surface area contributed by atoms with E-state index in [1.807, 2.05) is 18.2 Å². The standard InChI is InChI=1S/C11H11BrN2/c1-2-13-11-6-3-8-7-9(12)4-5-10(8)14-11/h3-7H,2H2,1H3,(H,13,14). The first kappa shape index (κ1) is 9.46. The summed E-state index contributed by atoms with van der Waals surface area (Å²) in [7, 11) is 0. The highest BCUT2D eigenvalue weighted by Crippen LogP contribution is 2.19. The number of benzene rings is 1. The topological polar surface area (TPSA) is 24.9 Å². The predicted molar refractivity (Wildman–Crippen MR) is 63.6 cm³/mol. The quantitative estimate of drug-likeness (QED) is 0.884. The molecule has 0 aliphatic rings. The van der Waals surface area contributed by atoms with Gasteiger partial charge in [-0.2, -0.15) is 0 Å². The van der Waals surface area contributed by atoms with Gasteiger partial charge in [-0.15, -0.1) is 0 Å². The van der Waals surface area contributed by atoms with Crippen LogP contribution < -0.4 is 5.32 Å². The Balaban J connectivity index is 2.50. The Labute approximate surface area is 91.5 Å². The molecule has 0 bridgehead atoms. The van der Waals surface area contributed by atoms with Gasteiger partial charge in [0.15, 0.2) is 0 Å². The molecule has 0 spiro atoms. The van der Waals surface area contributed by atoms with Crippen LogP contribution in [0.1, 0.15) is 6.92 Å². The normalized spacial score (nSPS) is 10.4. The molecule has 0 fully saturated rings. The van der Waals surface area contributed by atoms with Crippen molar-refractivity contribution in [2.24, 2.45) is 0 Å². The minimum Gasteiger partial charge on any atom is -0.370 e. The molecule has 0 saturated carbocycles. The van der Waals surface area contributed by atoms with Crippen molar-refractivity contribution in [3.8, 4) is 0 Å². The van der Waals surface area contributed by atoms with Crippen LogP contribution in [0.25, 0.3) is 10.9 Å². The Morgan fingerprint density at radius 1 is 1.29 bits per heavy atom. The van der Waals surface area contributed by atoms with E-state index in [0.717, 1.165) is 27.7 Å². The number of fused-ring (bicyclic) bond motifs is 1. The van der Waals surface area contributed by atoms with Crippen molar-refractivity contribution in [2.75, 3.05) is 11.9 Å². The molecule has 1 N–H and O–H groups in total. The van der Waals surface area contributed by atoms with Gasteiger partial charge in [-0.3, -0.25) is 0 Å². The summed E-state index contributed by atoms with van der Waals surface area (Å²) in [6.07, 6.45) is 0. The number of pyridine rings is 1. The molecule has 14 heavy (non-hydrogen) atoms. The van der Waals surface area contributed by atoms with Gasteiger partial charge in [0, 0.05) is 16.4 Å². The second-order valence-corrected chi connectivity index (χ2v) is 3.98. The second kappa shape index (κ2) is 3.96. The predicted octanol–water partition coefficient (Wildman–Crippen LogP) is 3.43. The fourth-order valence-corrected chi connectivity index (χ4v) is 1.75. The molecule has 0 aliphatic carbocycles. The Kier molecular flexibility index (Phi) is 2.68. The SMILES string of the molecule is CCNc1ccc2cc(Br)ccc2n1. The number of hydrogen-bond donors (Lipinski definition) is 1. The molecule has 1 heterocycles. The Bertz CT molecular complexity index is 454. The molecule has 2 rings (SSSR count). The lowest BCUT2D eigenvalue weighted by Gasteiger charge is -2.03. The lowest BCUT2D eigenvalue weighted by Crippen LogP contribution is -1.98. The minimum atomic E-state index is 0.898. The van der Waals surface area contributed by atoms with E-state index in [2.05, 4.69) is 45.3 Å². The van der Waals surface area contributed by atoms with Crippen molar-refractivity contribution in [1.82, 2.24) is 4.98 Å². The van der Waals surface area contributed by atoms with E-state index in [-0.39, 0.29) is 0 Å². The maximum Gasteiger partial charge on any atom is 0.126 e. The molecule has 0 amide bonds. The zero-order chi connectivity index (χ0) is 9.97. The fraction of sp³-hybridized carbons (Fsp3) is 0.182. The lowest BCUT2D eigenvalue weighted by molar-refractivity contribution is 1.17. The molecule has 2 aromatic rings. The van der Waals surface area contributed by atoms with E-state index in [1.165, 1.54) is 0 Å². The van der Waals surface area contributed by atoms with Gasteiger partial charge < -0.3 is 5.32 Å². The van der Waals surface area contributed by atoms with Crippen molar-refractivity contribution >= 4 is 32.7 Å². The van der Waals surface area contributed by atoms with Crippen molar-refractivity contribution in [1.29, 1.82) is 0 Å². The van der Waals surface area contributed by atoms with Crippen molar-refractivity contribution < 1.29 is 0 Å². The first-order valence-electron chi connectivity index (χ1n) is 4.60.